The van der Waals surface area contributed by atoms with Crippen molar-refractivity contribution in [2.45, 2.75) is 78.3 Å². The van der Waals surface area contributed by atoms with Gasteiger partial charge in [-0.3, -0.25) is 4.90 Å². The van der Waals surface area contributed by atoms with Crippen molar-refractivity contribution in [1.82, 2.24) is 10.2 Å². The molecule has 0 spiro atoms. The van der Waals surface area contributed by atoms with E-state index in [1.54, 1.807) is 0 Å². The molecule has 3 atom stereocenters. The van der Waals surface area contributed by atoms with Crippen molar-refractivity contribution >= 4 is 0 Å². The molecule has 112 valence electrons. The van der Waals surface area contributed by atoms with Crippen LogP contribution in [0.3, 0.4) is 0 Å². The first-order valence-corrected chi connectivity index (χ1v) is 8.46. The van der Waals surface area contributed by atoms with Crippen molar-refractivity contribution < 1.29 is 0 Å². The average Bonchev–Trinajstić information content (AvgIpc) is 2.89. The first-order chi connectivity index (χ1) is 8.98. The number of nitrogens with zero attached hydrogens (tertiary/aromatic N) is 1. The Morgan fingerprint density at radius 3 is 2.32 bits per heavy atom. The molecule has 1 aliphatic carbocycles. The molecule has 19 heavy (non-hydrogen) atoms. The fraction of sp³-hybridized carbons (Fsp3) is 1.00. The summed E-state index contributed by atoms with van der Waals surface area (Å²) in [6, 6.07) is 1.46. The van der Waals surface area contributed by atoms with Crippen LogP contribution in [0, 0.1) is 11.3 Å². The van der Waals surface area contributed by atoms with Crippen LogP contribution >= 0.6 is 0 Å². The van der Waals surface area contributed by atoms with Gasteiger partial charge < -0.3 is 5.32 Å². The largest absolute Gasteiger partial charge is 0.312 e. The first-order valence-electron chi connectivity index (χ1n) is 8.46. The van der Waals surface area contributed by atoms with Gasteiger partial charge in [-0.2, -0.15) is 0 Å². The summed E-state index contributed by atoms with van der Waals surface area (Å²) in [6.07, 6.45) is 8.45. The fourth-order valence-electron chi connectivity index (χ4n) is 4.05. The van der Waals surface area contributed by atoms with Gasteiger partial charge in [-0.1, -0.05) is 33.6 Å². The highest BCUT2D eigenvalue weighted by atomic mass is 15.2. The molecule has 2 heteroatoms. The highest BCUT2D eigenvalue weighted by molar-refractivity contribution is 4.89. The quantitative estimate of drug-likeness (QED) is 0.835. The standard InChI is InChI=1S/C17H34N2/c1-14(19-11-7-8-12-19)13-18-16-10-6-5-9-15(16)17(2,3)4/h14-16,18H,5-13H2,1-4H3. The molecule has 0 aromatic carbocycles. The van der Waals surface area contributed by atoms with Gasteiger partial charge in [0.2, 0.25) is 0 Å². The molecular formula is C17H34N2. The van der Waals surface area contributed by atoms with Crippen molar-refractivity contribution in [2.24, 2.45) is 11.3 Å². The molecule has 2 aliphatic rings. The average molecular weight is 266 g/mol. The highest BCUT2D eigenvalue weighted by Gasteiger charge is 2.34. The van der Waals surface area contributed by atoms with Gasteiger partial charge in [0.05, 0.1) is 0 Å². The van der Waals surface area contributed by atoms with E-state index in [0.29, 0.717) is 11.5 Å². The monoisotopic (exact) mass is 266 g/mol. The first kappa shape index (κ1) is 15.3. The third-order valence-corrected chi connectivity index (χ3v) is 5.32. The van der Waals surface area contributed by atoms with E-state index in [9.17, 15) is 0 Å². The summed E-state index contributed by atoms with van der Waals surface area (Å²) < 4.78 is 0. The lowest BCUT2D eigenvalue weighted by Crippen LogP contribution is -2.48. The minimum atomic E-state index is 0.453. The van der Waals surface area contributed by atoms with E-state index in [2.05, 4.69) is 37.9 Å². The predicted octanol–water partition coefficient (Wildman–Crippen LogP) is 3.67. The predicted molar refractivity (Wildman–Crippen MR) is 83.5 cm³/mol. The third-order valence-electron chi connectivity index (χ3n) is 5.32. The maximum absolute atomic E-state index is 3.91. The van der Waals surface area contributed by atoms with Gasteiger partial charge in [-0.15, -0.1) is 0 Å². The number of hydrogen-bond donors (Lipinski definition) is 1. The minimum absolute atomic E-state index is 0.453. The molecule has 2 rings (SSSR count). The Bertz CT molecular complexity index is 263. The lowest BCUT2D eigenvalue weighted by molar-refractivity contribution is 0.123. The van der Waals surface area contributed by atoms with Crippen LogP contribution in [0.2, 0.25) is 0 Å². The highest BCUT2D eigenvalue weighted by Crippen LogP contribution is 2.37. The van der Waals surface area contributed by atoms with Gasteiger partial charge in [-0.25, -0.2) is 0 Å². The zero-order valence-corrected chi connectivity index (χ0v) is 13.5. The van der Waals surface area contributed by atoms with Gasteiger partial charge in [0.25, 0.3) is 0 Å². The number of likely N-dealkylation sites (tertiary alicyclic amines) is 1. The van der Waals surface area contributed by atoms with E-state index in [1.807, 2.05) is 0 Å². The minimum Gasteiger partial charge on any atom is -0.312 e. The lowest BCUT2D eigenvalue weighted by atomic mass is 9.69. The van der Waals surface area contributed by atoms with Crippen LogP contribution in [-0.2, 0) is 0 Å². The Balaban J connectivity index is 1.82. The molecule has 0 radical (unpaired) electrons. The van der Waals surface area contributed by atoms with Crippen LogP contribution in [0.4, 0.5) is 0 Å². The Hall–Kier alpha value is -0.0800. The van der Waals surface area contributed by atoms with Gasteiger partial charge >= 0.3 is 0 Å². The maximum atomic E-state index is 3.91. The van der Waals surface area contributed by atoms with Crippen molar-refractivity contribution in [3.05, 3.63) is 0 Å². The molecule has 1 aliphatic heterocycles. The summed E-state index contributed by atoms with van der Waals surface area (Å²) in [4.78, 5) is 2.65. The van der Waals surface area contributed by atoms with Crippen molar-refractivity contribution in [3.63, 3.8) is 0 Å². The maximum Gasteiger partial charge on any atom is 0.0192 e. The van der Waals surface area contributed by atoms with Crippen molar-refractivity contribution in [1.29, 1.82) is 0 Å². The summed E-state index contributed by atoms with van der Waals surface area (Å²) in [5.74, 6) is 0.854. The lowest BCUT2D eigenvalue weighted by Gasteiger charge is -2.41. The van der Waals surface area contributed by atoms with Crippen LogP contribution in [0.25, 0.3) is 0 Å². The Kier molecular flexibility index (Phi) is 5.30. The Morgan fingerprint density at radius 2 is 1.68 bits per heavy atom. The summed E-state index contributed by atoms with van der Waals surface area (Å²) in [7, 11) is 0. The normalized spacial score (nSPS) is 31.6. The SMILES string of the molecule is CC(CNC1CCCCC1C(C)(C)C)N1CCCC1. The number of hydrogen-bond acceptors (Lipinski definition) is 2. The summed E-state index contributed by atoms with van der Waals surface area (Å²) >= 11 is 0. The van der Waals surface area contributed by atoms with E-state index in [4.69, 9.17) is 0 Å². The van der Waals surface area contributed by atoms with E-state index in [0.717, 1.165) is 12.0 Å². The molecule has 2 fully saturated rings. The summed E-state index contributed by atoms with van der Waals surface area (Å²) in [6.45, 7) is 13.5. The van der Waals surface area contributed by atoms with Gasteiger partial charge in [0.15, 0.2) is 0 Å². The summed E-state index contributed by atoms with van der Waals surface area (Å²) in [5.41, 5.74) is 0.453. The van der Waals surface area contributed by atoms with Crippen LogP contribution in [-0.4, -0.2) is 36.6 Å². The van der Waals surface area contributed by atoms with Crippen LogP contribution in [0.15, 0.2) is 0 Å². The third kappa shape index (κ3) is 4.19. The second-order valence-electron chi connectivity index (χ2n) is 7.86. The molecule has 0 amide bonds. The van der Waals surface area contributed by atoms with Crippen LogP contribution in [0.5, 0.6) is 0 Å². The fourth-order valence-corrected chi connectivity index (χ4v) is 4.05. The van der Waals surface area contributed by atoms with Gasteiger partial charge in [-0.05, 0) is 57.0 Å². The smallest absolute Gasteiger partial charge is 0.0192 e. The molecule has 0 bridgehead atoms. The number of rotatable bonds is 4. The molecule has 3 unspecified atom stereocenters. The summed E-state index contributed by atoms with van der Waals surface area (Å²) in [5, 5.41) is 3.91. The molecule has 1 heterocycles. The number of nitrogens with one attached hydrogen (secondary N) is 1. The Labute approximate surface area is 120 Å². The van der Waals surface area contributed by atoms with Crippen LogP contribution < -0.4 is 5.32 Å². The molecule has 1 saturated carbocycles. The zero-order chi connectivity index (χ0) is 13.9. The second-order valence-corrected chi connectivity index (χ2v) is 7.86. The second kappa shape index (κ2) is 6.58. The van der Waals surface area contributed by atoms with E-state index in [-0.39, 0.29) is 0 Å². The molecule has 0 aromatic rings. The van der Waals surface area contributed by atoms with E-state index in [1.165, 1.54) is 58.2 Å². The van der Waals surface area contributed by atoms with Crippen LogP contribution in [0.1, 0.15) is 66.2 Å². The molecule has 1 saturated heterocycles. The molecule has 2 nitrogen and oxygen atoms in total. The van der Waals surface area contributed by atoms with Gasteiger partial charge in [0.1, 0.15) is 0 Å². The van der Waals surface area contributed by atoms with Crippen molar-refractivity contribution in [3.8, 4) is 0 Å². The molecular weight excluding hydrogens is 232 g/mol. The topological polar surface area (TPSA) is 15.3 Å². The Morgan fingerprint density at radius 1 is 1.05 bits per heavy atom. The van der Waals surface area contributed by atoms with E-state index < -0.39 is 0 Å². The zero-order valence-electron chi connectivity index (χ0n) is 13.5. The van der Waals surface area contributed by atoms with Gasteiger partial charge in [0, 0.05) is 18.6 Å². The molecule has 1 N–H and O–H groups in total. The van der Waals surface area contributed by atoms with E-state index >= 15 is 0 Å². The molecule has 0 aromatic heterocycles. The van der Waals surface area contributed by atoms with Crippen molar-refractivity contribution in [2.75, 3.05) is 19.6 Å².